The molecule has 3 rings (SSSR count). The molecule has 11 nitrogen and oxygen atoms in total. The molecule has 0 spiro atoms. The van der Waals surface area contributed by atoms with Crippen molar-refractivity contribution in [3.05, 3.63) is 71.7 Å². The molecule has 17 heteroatoms. The van der Waals surface area contributed by atoms with Crippen molar-refractivity contribution in [2.45, 2.75) is 21.9 Å². The maximum atomic E-state index is 12.4. The van der Waals surface area contributed by atoms with Crippen molar-refractivity contribution in [3.8, 4) is 0 Å². The molecule has 2 atom stereocenters. The van der Waals surface area contributed by atoms with E-state index in [4.69, 9.17) is 0 Å². The maximum absolute atomic E-state index is 12.4. The van der Waals surface area contributed by atoms with Crippen molar-refractivity contribution in [3.63, 3.8) is 0 Å². The van der Waals surface area contributed by atoms with Gasteiger partial charge < -0.3 is 14.4 Å². The number of nitrogens with zero attached hydrogens (tertiary/aromatic N) is 1. The fourth-order valence-corrected chi connectivity index (χ4v) is 6.43. The van der Waals surface area contributed by atoms with Crippen LogP contribution in [0.1, 0.15) is 17.2 Å². The molecule has 2 N–H and O–H groups in total. The van der Waals surface area contributed by atoms with E-state index in [9.17, 15) is 34.4 Å². The average Bonchev–Trinajstić information content (AvgIpc) is 3.22. The van der Waals surface area contributed by atoms with Gasteiger partial charge in [0.1, 0.15) is 25.6 Å². The third kappa shape index (κ3) is 9.36. The van der Waals surface area contributed by atoms with Gasteiger partial charge in [0.25, 0.3) is 10.0 Å². The number of sulfonamides is 1. The van der Waals surface area contributed by atoms with E-state index in [1.54, 1.807) is 11.4 Å². The minimum absolute atomic E-state index is 0. The Morgan fingerprint density at radius 1 is 0.857 bits per heavy atom. The van der Waals surface area contributed by atoms with Crippen LogP contribution in [0.3, 0.4) is 0 Å². The Morgan fingerprint density at radius 2 is 1.46 bits per heavy atom. The van der Waals surface area contributed by atoms with Crippen LogP contribution in [0.4, 0.5) is 10.8 Å². The van der Waals surface area contributed by atoms with E-state index >= 15 is 0 Å². The van der Waals surface area contributed by atoms with Crippen LogP contribution in [0, 0.1) is 0 Å². The van der Waals surface area contributed by atoms with E-state index in [1.807, 2.05) is 0 Å². The number of hydrogen-bond donors (Lipinski definition) is 2. The van der Waals surface area contributed by atoms with Crippen LogP contribution in [-0.2, 0) is 30.3 Å². The SMILES string of the molecule is O=S(=O)(Nc1nccs1)c1ccc(NC(CC(c2ccccc2)S(=O)(=O)[O-])S(=O)(=O)[O-])cc1.[Na+].[Na+]. The van der Waals surface area contributed by atoms with Crippen LogP contribution in [0.2, 0.25) is 0 Å². The van der Waals surface area contributed by atoms with E-state index in [1.165, 1.54) is 42.6 Å². The predicted molar refractivity (Wildman–Crippen MR) is 120 cm³/mol. The molecule has 2 aromatic carbocycles. The van der Waals surface area contributed by atoms with Gasteiger partial charge in [-0.2, -0.15) is 0 Å². The van der Waals surface area contributed by atoms with Crippen LogP contribution in [-0.4, -0.2) is 44.7 Å². The summed E-state index contributed by atoms with van der Waals surface area (Å²) in [5.74, 6) is 0. The first-order chi connectivity index (χ1) is 15.4. The second-order valence-corrected chi connectivity index (χ2v) is 12.4. The van der Waals surface area contributed by atoms with E-state index in [2.05, 4.69) is 15.0 Å². The Hall–Kier alpha value is -0.560. The van der Waals surface area contributed by atoms with Crippen LogP contribution < -0.4 is 69.2 Å². The summed E-state index contributed by atoms with van der Waals surface area (Å²) in [5, 5.41) is 0.362. The van der Waals surface area contributed by atoms with Gasteiger partial charge in [-0.15, -0.1) is 11.3 Å². The molecule has 3 aromatic rings. The summed E-state index contributed by atoms with van der Waals surface area (Å²) >= 11 is 1.07. The third-order valence-electron chi connectivity index (χ3n) is 4.44. The standard InChI is InChI=1S/C18H19N3O8S4.2Na/c22-31(23,21-18-19-10-11-30-18)15-8-6-14(7-9-15)20-17(33(27,28)29)12-16(32(24,25)26)13-4-2-1-3-5-13;;/h1-11,16-17,20H,12H2,(H,19,21)(H,24,25,26)(H,27,28,29);;/q;2*+1/p-2. The van der Waals surface area contributed by atoms with Gasteiger partial charge in [-0.25, -0.2) is 30.2 Å². The molecule has 0 amide bonds. The largest absolute Gasteiger partial charge is 1.00 e. The van der Waals surface area contributed by atoms with Crippen LogP contribution in [0.15, 0.2) is 71.1 Å². The number of thiazole rings is 1. The molecule has 0 aliphatic rings. The molecule has 0 saturated carbocycles. The zero-order valence-corrected chi connectivity index (χ0v) is 25.8. The minimum atomic E-state index is -5.10. The molecule has 178 valence electrons. The topological polar surface area (TPSA) is 185 Å². The van der Waals surface area contributed by atoms with Gasteiger partial charge in [0.2, 0.25) is 0 Å². The summed E-state index contributed by atoms with van der Waals surface area (Å²) in [6, 6.07) is 11.9. The van der Waals surface area contributed by atoms with Crippen LogP contribution in [0.5, 0.6) is 0 Å². The van der Waals surface area contributed by atoms with Gasteiger partial charge in [0.05, 0.1) is 10.1 Å². The molecule has 0 aliphatic carbocycles. The Kier molecular flexibility index (Phi) is 12.3. The monoisotopic (exact) mass is 577 g/mol. The number of aromatic nitrogens is 1. The van der Waals surface area contributed by atoms with Crippen molar-refractivity contribution in [2.75, 3.05) is 10.0 Å². The average molecular weight is 578 g/mol. The molecule has 1 heterocycles. The number of hydrogen-bond acceptors (Lipinski definition) is 11. The van der Waals surface area contributed by atoms with Gasteiger partial charge >= 0.3 is 59.1 Å². The zero-order chi connectivity index (χ0) is 24.3. The molecule has 0 radical (unpaired) electrons. The molecule has 0 bridgehead atoms. The second-order valence-electron chi connectivity index (χ2n) is 6.72. The summed E-state index contributed by atoms with van der Waals surface area (Å²) in [5.41, 5.74) is 0.0698. The molecule has 35 heavy (non-hydrogen) atoms. The first-order valence-electron chi connectivity index (χ1n) is 9.09. The zero-order valence-electron chi connectivity index (χ0n) is 18.6. The Morgan fingerprint density at radius 3 is 1.94 bits per heavy atom. The minimum Gasteiger partial charge on any atom is -0.747 e. The summed E-state index contributed by atoms with van der Waals surface area (Å²) in [4.78, 5) is 3.66. The first kappa shape index (κ1) is 32.5. The summed E-state index contributed by atoms with van der Waals surface area (Å²) in [7, 11) is -14.1. The van der Waals surface area contributed by atoms with E-state index in [0.717, 1.165) is 23.5 Å². The quantitative estimate of drug-likeness (QED) is 0.177. The normalized spacial score (nSPS) is 13.5. The molecule has 1 aromatic heterocycles. The van der Waals surface area contributed by atoms with Crippen molar-refractivity contribution in [2.24, 2.45) is 0 Å². The van der Waals surface area contributed by atoms with E-state index < -0.39 is 47.3 Å². The molecule has 0 aliphatic heterocycles. The molecule has 2 unspecified atom stereocenters. The van der Waals surface area contributed by atoms with E-state index in [-0.39, 0.29) is 80.4 Å². The predicted octanol–water partition coefficient (Wildman–Crippen LogP) is -4.09. The smallest absolute Gasteiger partial charge is 0.747 e. The Labute approximate surface area is 251 Å². The Bertz CT molecular complexity index is 1400. The number of anilines is 2. The van der Waals surface area contributed by atoms with Gasteiger partial charge in [-0.1, -0.05) is 30.3 Å². The van der Waals surface area contributed by atoms with Crippen molar-refractivity contribution in [1.82, 2.24) is 4.98 Å². The molecule has 0 saturated heterocycles. The van der Waals surface area contributed by atoms with Crippen molar-refractivity contribution in [1.29, 1.82) is 0 Å². The second kappa shape index (κ2) is 13.3. The van der Waals surface area contributed by atoms with Gasteiger partial charge in [0.15, 0.2) is 5.13 Å². The van der Waals surface area contributed by atoms with Crippen LogP contribution in [0.25, 0.3) is 0 Å². The van der Waals surface area contributed by atoms with Crippen molar-refractivity contribution >= 4 is 52.4 Å². The molecule has 0 fully saturated rings. The first-order valence-corrected chi connectivity index (χ1v) is 14.4. The van der Waals surface area contributed by atoms with Gasteiger partial charge in [0, 0.05) is 23.7 Å². The summed E-state index contributed by atoms with van der Waals surface area (Å²) in [6.07, 6.45) is 0.581. The number of nitrogens with one attached hydrogen (secondary N) is 2. The third-order valence-corrected chi connectivity index (χ3v) is 8.78. The molecular formula is C18H17N3Na2O8S4. The number of benzene rings is 2. The summed E-state index contributed by atoms with van der Waals surface area (Å²) in [6.45, 7) is 0. The number of rotatable bonds is 10. The Balaban J connectivity index is 0.00000306. The molecular weight excluding hydrogens is 560 g/mol. The van der Waals surface area contributed by atoms with Gasteiger partial charge in [-0.05, 0) is 29.8 Å². The fraction of sp³-hybridized carbons (Fsp3) is 0.167. The summed E-state index contributed by atoms with van der Waals surface area (Å²) < 4.78 is 97.8. The van der Waals surface area contributed by atoms with Crippen LogP contribution >= 0.6 is 11.3 Å². The van der Waals surface area contributed by atoms with Gasteiger partial charge in [-0.3, -0.25) is 4.72 Å². The van der Waals surface area contributed by atoms with Crippen molar-refractivity contribution < 1.29 is 93.5 Å². The fourth-order valence-electron chi connectivity index (χ4n) is 2.90. The maximum Gasteiger partial charge on any atom is 1.00 e. The van der Waals surface area contributed by atoms with E-state index in [0.29, 0.717) is 0 Å².